The minimum Gasteiger partial charge on any atom is -0.349 e. The van der Waals surface area contributed by atoms with Crippen LogP contribution in [0.15, 0.2) is 25.3 Å². The average molecular weight is 720 g/mol. The topological polar surface area (TPSA) is 171 Å². The quantitative estimate of drug-likeness (QED) is 0.113. The van der Waals surface area contributed by atoms with Crippen LogP contribution in [0.1, 0.15) is 107 Å². The molecule has 0 bridgehead atoms. The van der Waals surface area contributed by atoms with Gasteiger partial charge in [0.1, 0.15) is 12.1 Å². The van der Waals surface area contributed by atoms with Gasteiger partial charge in [0.25, 0.3) is 5.91 Å². The lowest BCUT2D eigenvalue weighted by molar-refractivity contribution is -0.145. The first-order valence-electron chi connectivity index (χ1n) is 18.0. The van der Waals surface area contributed by atoms with Crippen molar-refractivity contribution in [3.8, 4) is 0 Å². The number of hydrogen-bond acceptors (Lipinski definition) is 7. The SMILES string of the molecule is C=CCCNC(=O)C(=O)C(CCC=C)NC(=O)[C@@H]1C2C(CN1C(=O)[C@@H](NC(=O)NC1(CS(=O)(=O)C(C)(C)C)CCCCC1)C(C)(C)C)C2(C)C. The van der Waals surface area contributed by atoms with Crippen molar-refractivity contribution in [3.05, 3.63) is 25.3 Å². The molecule has 3 aliphatic rings. The summed E-state index contributed by atoms with van der Waals surface area (Å²) >= 11 is 0. The Bertz CT molecular complexity index is 1440. The van der Waals surface area contributed by atoms with Crippen molar-refractivity contribution in [1.82, 2.24) is 26.2 Å². The first-order chi connectivity index (χ1) is 23.0. The predicted octanol–water partition coefficient (Wildman–Crippen LogP) is 3.81. The monoisotopic (exact) mass is 719 g/mol. The molecule has 5 amide bonds. The lowest BCUT2D eigenvalue weighted by atomic mass is 9.83. The van der Waals surface area contributed by atoms with Gasteiger partial charge in [0, 0.05) is 13.1 Å². The number of ketones is 1. The average Bonchev–Trinajstić information content (AvgIpc) is 3.31. The number of piperidine rings is 1. The summed E-state index contributed by atoms with van der Waals surface area (Å²) in [5.41, 5.74) is -1.97. The number of likely N-dealkylation sites (tertiary alicyclic amines) is 1. The summed E-state index contributed by atoms with van der Waals surface area (Å²) in [4.78, 5) is 69.6. The molecule has 12 nitrogen and oxygen atoms in total. The minimum atomic E-state index is -3.57. The molecule has 0 spiro atoms. The fourth-order valence-electron chi connectivity index (χ4n) is 7.49. The smallest absolute Gasteiger partial charge is 0.315 e. The van der Waals surface area contributed by atoms with Gasteiger partial charge in [0.2, 0.25) is 17.6 Å². The second-order valence-corrected chi connectivity index (χ2v) is 19.9. The summed E-state index contributed by atoms with van der Waals surface area (Å²) in [7, 11) is -3.57. The highest BCUT2D eigenvalue weighted by Crippen LogP contribution is 2.65. The van der Waals surface area contributed by atoms with Gasteiger partial charge in [0.15, 0.2) is 9.84 Å². The van der Waals surface area contributed by atoms with Gasteiger partial charge in [-0.1, -0.05) is 66.0 Å². The number of allylic oxidation sites excluding steroid dienone is 1. The number of rotatable bonds is 15. The molecular formula is C37H61N5O7S. The second kappa shape index (κ2) is 15.6. The largest absolute Gasteiger partial charge is 0.349 e. The van der Waals surface area contributed by atoms with Gasteiger partial charge < -0.3 is 26.2 Å². The second-order valence-electron chi connectivity index (χ2n) is 17.1. The van der Waals surface area contributed by atoms with E-state index in [2.05, 4.69) is 34.4 Å². The molecule has 13 heteroatoms. The van der Waals surface area contributed by atoms with Crippen LogP contribution in [0, 0.1) is 22.7 Å². The molecule has 0 radical (unpaired) electrons. The summed E-state index contributed by atoms with van der Waals surface area (Å²) < 4.78 is 25.6. The molecule has 3 rings (SSSR count). The summed E-state index contributed by atoms with van der Waals surface area (Å²) in [6, 6.07) is -3.71. The van der Waals surface area contributed by atoms with Crippen LogP contribution in [-0.2, 0) is 29.0 Å². The van der Waals surface area contributed by atoms with Crippen LogP contribution in [0.3, 0.4) is 0 Å². The van der Waals surface area contributed by atoms with Gasteiger partial charge in [-0.05, 0) is 75.5 Å². The van der Waals surface area contributed by atoms with E-state index < -0.39 is 73.2 Å². The predicted molar refractivity (Wildman–Crippen MR) is 195 cm³/mol. The third-order valence-corrected chi connectivity index (χ3v) is 13.7. The molecular weight excluding hydrogens is 659 g/mol. The van der Waals surface area contributed by atoms with E-state index >= 15 is 0 Å². The highest BCUT2D eigenvalue weighted by molar-refractivity contribution is 7.92. The minimum absolute atomic E-state index is 0.0364. The van der Waals surface area contributed by atoms with Gasteiger partial charge in [0.05, 0.1) is 22.1 Å². The number of carbonyl (C=O) groups excluding carboxylic acids is 5. The Morgan fingerprint density at radius 2 is 1.52 bits per heavy atom. The lowest BCUT2D eigenvalue weighted by Gasteiger charge is -2.41. The number of carbonyl (C=O) groups is 5. The Morgan fingerprint density at radius 3 is 2.06 bits per heavy atom. The zero-order valence-corrected chi connectivity index (χ0v) is 32.3. The number of sulfone groups is 1. The van der Waals surface area contributed by atoms with Crippen molar-refractivity contribution in [1.29, 1.82) is 0 Å². The molecule has 0 aromatic rings. The van der Waals surface area contributed by atoms with E-state index in [0.29, 0.717) is 32.2 Å². The first-order valence-corrected chi connectivity index (χ1v) is 19.6. The number of Topliss-reactive ketones (excluding diaryl/α,β-unsaturated/α-hetero) is 1. The normalized spacial score (nSPS) is 23.8. The fraction of sp³-hybridized carbons (Fsp3) is 0.757. The van der Waals surface area contributed by atoms with Gasteiger partial charge in [-0.2, -0.15) is 0 Å². The maximum Gasteiger partial charge on any atom is 0.315 e. The Labute approximate surface area is 299 Å². The molecule has 50 heavy (non-hydrogen) atoms. The van der Waals surface area contributed by atoms with Gasteiger partial charge in [-0.25, -0.2) is 13.2 Å². The van der Waals surface area contributed by atoms with Crippen molar-refractivity contribution in [2.45, 2.75) is 135 Å². The van der Waals surface area contributed by atoms with Crippen LogP contribution in [0.4, 0.5) is 4.79 Å². The summed E-state index contributed by atoms with van der Waals surface area (Å²) in [5, 5.41) is 11.2. The molecule has 3 unspecified atom stereocenters. The number of amides is 5. The third kappa shape index (κ3) is 9.36. The van der Waals surface area contributed by atoms with E-state index in [0.717, 1.165) is 19.3 Å². The lowest BCUT2D eigenvalue weighted by Crippen LogP contribution is -2.64. The molecule has 1 heterocycles. The highest BCUT2D eigenvalue weighted by atomic mass is 32.2. The van der Waals surface area contributed by atoms with Crippen LogP contribution >= 0.6 is 0 Å². The number of hydrogen-bond donors (Lipinski definition) is 4. The molecule has 282 valence electrons. The zero-order valence-electron chi connectivity index (χ0n) is 31.4. The summed E-state index contributed by atoms with van der Waals surface area (Å²) in [6.45, 7) is 22.4. The van der Waals surface area contributed by atoms with E-state index in [4.69, 9.17) is 0 Å². The Kier molecular flexibility index (Phi) is 12.8. The van der Waals surface area contributed by atoms with Crippen LogP contribution in [0.2, 0.25) is 0 Å². The number of fused-ring (bicyclic) bond motifs is 1. The molecule has 2 aliphatic carbocycles. The van der Waals surface area contributed by atoms with E-state index in [9.17, 15) is 32.4 Å². The van der Waals surface area contributed by atoms with E-state index in [1.54, 1.807) is 32.9 Å². The van der Waals surface area contributed by atoms with Crippen molar-refractivity contribution in [2.75, 3.05) is 18.8 Å². The Morgan fingerprint density at radius 1 is 0.920 bits per heavy atom. The third-order valence-electron chi connectivity index (χ3n) is 10.9. The first kappa shape index (κ1) is 41.2. The summed E-state index contributed by atoms with van der Waals surface area (Å²) in [5.74, 6) is -2.88. The standard InChI is InChI=1S/C37H61N5O7S/c1-11-13-18-25(28(43)31(45)38-21-14-12-2)39-30(44)27-26-24(36(26,9)10)22-42(27)32(46)29(34(3,4)5)40-33(47)41-37(19-16-15-17-20-37)23-50(48,49)35(6,7)8/h11-12,24-27,29H,1-2,13-23H2,3-10H3,(H,38,45)(H,39,44)(H2,40,41,47)/t24?,25?,26?,27-,29+/m0/s1. The molecule has 2 saturated carbocycles. The highest BCUT2D eigenvalue weighted by Gasteiger charge is 2.70. The number of nitrogens with one attached hydrogen (secondary N) is 4. The molecule has 3 fully saturated rings. The zero-order chi connectivity index (χ0) is 37.9. The molecule has 1 aliphatic heterocycles. The van der Waals surface area contributed by atoms with Gasteiger partial charge in [-0.15, -0.1) is 13.2 Å². The molecule has 4 N–H and O–H groups in total. The van der Waals surface area contributed by atoms with Crippen LogP contribution < -0.4 is 21.3 Å². The molecule has 0 aromatic heterocycles. The van der Waals surface area contributed by atoms with Crippen molar-refractivity contribution < 1.29 is 32.4 Å². The van der Waals surface area contributed by atoms with E-state index in [-0.39, 0.29) is 36.0 Å². The molecule has 5 atom stereocenters. The number of urea groups is 1. The number of nitrogens with zero attached hydrogens (tertiary/aromatic N) is 1. The van der Waals surface area contributed by atoms with Crippen LogP contribution in [0.5, 0.6) is 0 Å². The van der Waals surface area contributed by atoms with Crippen molar-refractivity contribution >= 4 is 39.4 Å². The maximum atomic E-state index is 14.5. The van der Waals surface area contributed by atoms with Crippen molar-refractivity contribution in [2.24, 2.45) is 22.7 Å². The molecule has 0 aromatic carbocycles. The van der Waals surface area contributed by atoms with Gasteiger partial charge in [-0.3, -0.25) is 19.2 Å². The maximum absolute atomic E-state index is 14.5. The summed E-state index contributed by atoms with van der Waals surface area (Å²) in [6.07, 6.45) is 7.77. The van der Waals surface area contributed by atoms with Crippen LogP contribution in [0.25, 0.3) is 0 Å². The molecule has 1 saturated heterocycles. The van der Waals surface area contributed by atoms with Gasteiger partial charge >= 0.3 is 6.03 Å². The Hall–Kier alpha value is -3.22. The van der Waals surface area contributed by atoms with E-state index in [1.165, 1.54) is 4.90 Å². The van der Waals surface area contributed by atoms with E-state index in [1.807, 2.05) is 34.6 Å². The van der Waals surface area contributed by atoms with Crippen molar-refractivity contribution in [3.63, 3.8) is 0 Å². The van der Waals surface area contributed by atoms with Crippen LogP contribution in [-0.4, -0.2) is 90.1 Å². The fourth-order valence-corrected chi connectivity index (χ4v) is 9.01. The Balaban J connectivity index is 1.86.